The smallest absolute Gasteiger partial charge is 0.442 e. The van der Waals surface area contributed by atoms with E-state index in [0.29, 0.717) is 10.4 Å². The van der Waals surface area contributed by atoms with Gasteiger partial charge < -0.3 is 10.5 Å². The average molecular weight is 328 g/mol. The zero-order valence-corrected chi connectivity index (χ0v) is 12.7. The molecule has 1 heterocycles. The van der Waals surface area contributed by atoms with Gasteiger partial charge in [-0.3, -0.25) is 0 Å². The van der Waals surface area contributed by atoms with Crippen LogP contribution in [-0.2, 0) is 10.9 Å². The van der Waals surface area contributed by atoms with Crippen molar-refractivity contribution in [3.05, 3.63) is 30.1 Å². The maximum Gasteiger partial charge on any atom is 0.453 e. The predicted octanol–water partition coefficient (Wildman–Crippen LogP) is 3.33. The van der Waals surface area contributed by atoms with E-state index in [1.165, 1.54) is 24.3 Å². The Morgan fingerprint density at radius 2 is 1.74 bits per heavy atom. The van der Waals surface area contributed by atoms with E-state index >= 15 is 0 Å². The van der Waals surface area contributed by atoms with E-state index in [-0.39, 0.29) is 11.4 Å². The van der Waals surface area contributed by atoms with E-state index in [2.05, 4.69) is 10.1 Å². The summed E-state index contributed by atoms with van der Waals surface area (Å²) in [5, 5.41) is 3.24. The Morgan fingerprint density at radius 1 is 1.17 bits per heavy atom. The van der Waals surface area contributed by atoms with Crippen molar-refractivity contribution in [1.29, 1.82) is 0 Å². The summed E-state index contributed by atoms with van der Waals surface area (Å²) in [5.74, 6) is -1.69. The molecule has 0 fully saturated rings. The van der Waals surface area contributed by atoms with Crippen molar-refractivity contribution >= 4 is 11.8 Å². The zero-order valence-electron chi connectivity index (χ0n) is 12.7. The molecular formula is C14H15F3N4O2. The van der Waals surface area contributed by atoms with Crippen molar-refractivity contribution in [3.63, 3.8) is 0 Å². The van der Waals surface area contributed by atoms with Gasteiger partial charge in [-0.15, -0.1) is 9.78 Å². The van der Waals surface area contributed by atoms with E-state index in [0.717, 1.165) is 0 Å². The Labute approximate surface area is 130 Å². The van der Waals surface area contributed by atoms with Gasteiger partial charge in [-0.05, 0) is 45.0 Å². The monoisotopic (exact) mass is 328 g/mol. The van der Waals surface area contributed by atoms with Gasteiger partial charge in [0.1, 0.15) is 5.60 Å². The van der Waals surface area contributed by atoms with Crippen LogP contribution >= 0.6 is 0 Å². The second-order valence-electron chi connectivity index (χ2n) is 5.77. The summed E-state index contributed by atoms with van der Waals surface area (Å²) in [6.45, 7) is 4.78. The number of alkyl halides is 3. The number of hydrogen-bond donors (Lipinski definition) is 1. The molecule has 0 atom stereocenters. The van der Waals surface area contributed by atoms with E-state index in [1.807, 2.05) is 0 Å². The molecule has 1 aromatic carbocycles. The molecule has 2 aromatic rings. The number of ether oxygens (including phenoxy) is 1. The van der Waals surface area contributed by atoms with E-state index < -0.39 is 23.7 Å². The lowest BCUT2D eigenvalue weighted by Gasteiger charge is -2.19. The maximum atomic E-state index is 12.9. The first-order valence-corrected chi connectivity index (χ1v) is 6.61. The molecular weight excluding hydrogens is 313 g/mol. The van der Waals surface area contributed by atoms with Crippen LogP contribution in [0.1, 0.15) is 26.6 Å². The first kappa shape index (κ1) is 16.8. The third-order valence-corrected chi connectivity index (χ3v) is 2.60. The molecule has 0 spiro atoms. The number of hydrogen-bond acceptors (Lipinski definition) is 5. The van der Waals surface area contributed by atoms with Gasteiger partial charge in [-0.1, -0.05) is 0 Å². The lowest BCUT2D eigenvalue weighted by molar-refractivity contribution is -0.144. The highest BCUT2D eigenvalue weighted by molar-refractivity contribution is 5.76. The molecule has 0 amide bonds. The fourth-order valence-corrected chi connectivity index (χ4v) is 1.68. The van der Waals surface area contributed by atoms with Crippen LogP contribution in [0.5, 0.6) is 0 Å². The first-order chi connectivity index (χ1) is 10.5. The number of carbonyl (C=O) groups excluding carboxylic acids is 1. The highest BCUT2D eigenvalue weighted by atomic mass is 19.4. The molecule has 0 unspecified atom stereocenters. The molecule has 0 aliphatic rings. The maximum absolute atomic E-state index is 12.9. The summed E-state index contributed by atoms with van der Waals surface area (Å²) in [4.78, 5) is 15.5. The minimum absolute atomic E-state index is 0.257. The van der Waals surface area contributed by atoms with Crippen molar-refractivity contribution in [2.45, 2.75) is 32.5 Å². The molecule has 0 saturated heterocycles. The highest BCUT2D eigenvalue weighted by Crippen LogP contribution is 2.29. The highest BCUT2D eigenvalue weighted by Gasteiger charge is 2.38. The molecule has 0 saturated carbocycles. The lowest BCUT2D eigenvalue weighted by Crippen LogP contribution is -2.28. The molecule has 23 heavy (non-hydrogen) atoms. The summed E-state index contributed by atoms with van der Waals surface area (Å²) in [5.41, 5.74) is 5.34. The van der Waals surface area contributed by atoms with Crippen LogP contribution in [0.4, 0.5) is 23.7 Å². The first-order valence-electron chi connectivity index (χ1n) is 6.61. The number of nitrogens with zero attached hydrogens (tertiary/aromatic N) is 3. The Bertz CT molecular complexity index is 715. The topological polar surface area (TPSA) is 83.0 Å². The normalized spacial score (nSPS) is 12.3. The fraction of sp³-hybridized carbons (Fsp3) is 0.357. The molecule has 124 valence electrons. The number of nitrogen functional groups attached to an aromatic ring is 1. The number of aromatic nitrogens is 3. The van der Waals surface area contributed by atoms with Crippen molar-refractivity contribution in [1.82, 2.24) is 14.8 Å². The Kier molecular flexibility index (Phi) is 4.06. The fourth-order valence-electron chi connectivity index (χ4n) is 1.68. The van der Waals surface area contributed by atoms with Gasteiger partial charge in [0.15, 0.2) is 5.82 Å². The SMILES string of the molecule is CC(C)(C)OC(=O)n1nc(C(F)(F)F)nc1-c1ccc(N)cc1. The van der Waals surface area contributed by atoms with Crippen molar-refractivity contribution in [3.8, 4) is 11.4 Å². The molecule has 0 aliphatic carbocycles. The van der Waals surface area contributed by atoms with Gasteiger partial charge in [0.2, 0.25) is 0 Å². The molecule has 2 N–H and O–H groups in total. The minimum Gasteiger partial charge on any atom is -0.442 e. The van der Waals surface area contributed by atoms with Crippen LogP contribution in [0.15, 0.2) is 24.3 Å². The standard InChI is InChI=1S/C14H15F3N4O2/c1-13(2,3)23-12(22)21-10(8-4-6-9(18)7-5-8)19-11(20-21)14(15,16)17/h4-7H,18H2,1-3H3. The average Bonchev–Trinajstić information content (AvgIpc) is 2.82. The summed E-state index contributed by atoms with van der Waals surface area (Å²) in [6.07, 6.45) is -5.83. The van der Waals surface area contributed by atoms with Gasteiger partial charge in [-0.25, -0.2) is 9.78 Å². The van der Waals surface area contributed by atoms with Crippen LogP contribution < -0.4 is 5.73 Å². The minimum atomic E-state index is -4.78. The van der Waals surface area contributed by atoms with Crippen LogP contribution in [0.2, 0.25) is 0 Å². The Balaban J connectivity index is 2.53. The summed E-state index contributed by atoms with van der Waals surface area (Å²) in [7, 11) is 0. The molecule has 0 radical (unpaired) electrons. The molecule has 1 aromatic heterocycles. The Hall–Kier alpha value is -2.58. The van der Waals surface area contributed by atoms with E-state index in [1.54, 1.807) is 20.8 Å². The summed E-state index contributed by atoms with van der Waals surface area (Å²) < 4.78 is 44.1. The van der Waals surface area contributed by atoms with Crippen molar-refractivity contribution in [2.75, 3.05) is 5.73 Å². The zero-order chi connectivity index (χ0) is 17.4. The third kappa shape index (κ3) is 3.99. The molecule has 9 heteroatoms. The lowest BCUT2D eigenvalue weighted by atomic mass is 10.2. The van der Waals surface area contributed by atoms with Crippen LogP contribution in [0.25, 0.3) is 11.4 Å². The number of carbonyl (C=O) groups is 1. The van der Waals surface area contributed by atoms with Crippen LogP contribution in [0, 0.1) is 0 Å². The number of nitrogens with two attached hydrogens (primary N) is 1. The third-order valence-electron chi connectivity index (χ3n) is 2.60. The van der Waals surface area contributed by atoms with Gasteiger partial charge in [0.05, 0.1) is 0 Å². The number of benzene rings is 1. The molecule has 0 aliphatic heterocycles. The van der Waals surface area contributed by atoms with Crippen LogP contribution in [0.3, 0.4) is 0 Å². The summed E-state index contributed by atoms with van der Waals surface area (Å²) >= 11 is 0. The second kappa shape index (κ2) is 5.56. The molecule has 2 rings (SSSR count). The summed E-state index contributed by atoms with van der Waals surface area (Å²) in [6, 6.07) is 5.86. The van der Waals surface area contributed by atoms with E-state index in [4.69, 9.17) is 10.5 Å². The number of halogens is 3. The number of rotatable bonds is 1. The predicted molar refractivity (Wildman–Crippen MR) is 76.5 cm³/mol. The quantitative estimate of drug-likeness (QED) is 0.812. The van der Waals surface area contributed by atoms with Gasteiger partial charge in [0, 0.05) is 11.3 Å². The van der Waals surface area contributed by atoms with Gasteiger partial charge in [-0.2, -0.15) is 13.2 Å². The van der Waals surface area contributed by atoms with E-state index in [9.17, 15) is 18.0 Å². The van der Waals surface area contributed by atoms with Gasteiger partial charge >= 0.3 is 12.3 Å². The Morgan fingerprint density at radius 3 is 2.22 bits per heavy atom. The largest absolute Gasteiger partial charge is 0.453 e. The van der Waals surface area contributed by atoms with Crippen molar-refractivity contribution in [2.24, 2.45) is 0 Å². The van der Waals surface area contributed by atoms with Gasteiger partial charge in [0.25, 0.3) is 5.82 Å². The molecule has 6 nitrogen and oxygen atoms in total. The second-order valence-corrected chi connectivity index (χ2v) is 5.77. The van der Waals surface area contributed by atoms with Crippen molar-refractivity contribution < 1.29 is 22.7 Å². The van der Waals surface area contributed by atoms with Crippen LogP contribution in [-0.4, -0.2) is 26.5 Å². The number of anilines is 1. The molecule has 0 bridgehead atoms.